The molecule has 1 amide bonds. The largest absolute Gasteiger partial charge is 0.479 e. The summed E-state index contributed by atoms with van der Waals surface area (Å²) in [5, 5.41) is 81.2. The highest BCUT2D eigenvalue weighted by Gasteiger charge is 2.51. The van der Waals surface area contributed by atoms with Crippen molar-refractivity contribution in [3.05, 3.63) is 0 Å². The molecular weight excluding hydrogens is 454 g/mol. The Kier molecular flexibility index (Phi) is 9.89. The van der Waals surface area contributed by atoms with Gasteiger partial charge in [-0.1, -0.05) is 0 Å². The van der Waals surface area contributed by atoms with E-state index in [4.69, 9.17) is 24.1 Å². The van der Waals surface area contributed by atoms with Crippen LogP contribution in [0.5, 0.6) is 0 Å². The molecule has 2 aliphatic heterocycles. The van der Waals surface area contributed by atoms with Crippen molar-refractivity contribution in [2.45, 2.75) is 87.4 Å². The second kappa shape index (κ2) is 11.8. The van der Waals surface area contributed by atoms with E-state index in [1.807, 2.05) is 0 Å². The summed E-state index contributed by atoms with van der Waals surface area (Å²) in [7, 11) is 0. The second-order valence-electron chi connectivity index (χ2n) is 7.87. The number of aliphatic hydroxyl groups excluding tert-OH is 7. The molecule has 0 aromatic carbocycles. The van der Waals surface area contributed by atoms with E-state index in [1.165, 1.54) is 6.92 Å². The minimum atomic E-state index is -1.99. The first-order chi connectivity index (χ1) is 15.4. The zero-order chi connectivity index (χ0) is 25.0. The molecule has 12 atom stereocenters. The highest BCUT2D eigenvalue weighted by molar-refractivity contribution is 5.73. The van der Waals surface area contributed by atoms with Crippen LogP contribution < -0.4 is 5.32 Å². The first-order valence-electron chi connectivity index (χ1n) is 10.2. The van der Waals surface area contributed by atoms with E-state index in [9.17, 15) is 45.3 Å². The van der Waals surface area contributed by atoms with Crippen LogP contribution in [0.1, 0.15) is 13.8 Å². The van der Waals surface area contributed by atoms with Crippen LogP contribution in [-0.2, 0) is 28.5 Å². The van der Waals surface area contributed by atoms with Gasteiger partial charge in [0.25, 0.3) is 0 Å². The van der Waals surface area contributed by atoms with Crippen molar-refractivity contribution in [3.8, 4) is 0 Å². The molecule has 2 fully saturated rings. The van der Waals surface area contributed by atoms with E-state index >= 15 is 0 Å². The standard InChI is InChI=1S/C18H31NO14/c1-5-10(24)15(13(27)18(30-5)32-14(16(28)29)7(23)3-20)33-17-9(19-6(2)22)12(26)11(25)8(4-21)31-17/h5,7-15,17-18,20-21,23-27H,3-4H2,1-2H3,(H,19,22)(H,28,29)/t5-,7+,8+,9+,10-,11+,12+,13+,14+,15+,17-,18-/m0/s1. The lowest BCUT2D eigenvalue weighted by atomic mass is 9.95. The van der Waals surface area contributed by atoms with Gasteiger partial charge in [0, 0.05) is 6.92 Å². The lowest BCUT2D eigenvalue weighted by molar-refractivity contribution is -0.350. The van der Waals surface area contributed by atoms with Gasteiger partial charge < -0.3 is 65.1 Å². The number of hydrogen-bond donors (Lipinski definition) is 9. The normalized spacial score (nSPS) is 41.2. The summed E-state index contributed by atoms with van der Waals surface area (Å²) in [6.07, 6.45) is -17.9. The van der Waals surface area contributed by atoms with Crippen molar-refractivity contribution < 1.29 is 69.4 Å². The topological polar surface area (TPSA) is 245 Å². The fourth-order valence-electron chi connectivity index (χ4n) is 3.57. The Labute approximate surface area is 188 Å². The number of ether oxygens (including phenoxy) is 4. The van der Waals surface area contributed by atoms with Gasteiger partial charge in [-0.2, -0.15) is 0 Å². The number of carbonyl (C=O) groups excluding carboxylic acids is 1. The molecule has 0 spiro atoms. The average Bonchev–Trinajstić information content (AvgIpc) is 2.76. The first kappa shape index (κ1) is 27.7. The smallest absolute Gasteiger partial charge is 0.335 e. The molecule has 2 aliphatic rings. The summed E-state index contributed by atoms with van der Waals surface area (Å²) in [4.78, 5) is 22.9. The molecule has 9 N–H and O–H groups in total. The van der Waals surface area contributed by atoms with E-state index in [1.54, 1.807) is 0 Å². The number of carboxylic acids is 1. The Hall–Kier alpha value is -1.50. The molecular formula is C18H31NO14. The van der Waals surface area contributed by atoms with E-state index in [0.717, 1.165) is 6.92 Å². The van der Waals surface area contributed by atoms with Gasteiger partial charge in [0.1, 0.15) is 48.8 Å². The van der Waals surface area contributed by atoms with Crippen LogP contribution >= 0.6 is 0 Å². The summed E-state index contributed by atoms with van der Waals surface area (Å²) < 4.78 is 21.4. The fourth-order valence-corrected chi connectivity index (χ4v) is 3.57. The molecule has 0 aliphatic carbocycles. The highest BCUT2D eigenvalue weighted by atomic mass is 16.7. The molecule has 15 heteroatoms. The molecule has 0 aromatic heterocycles. The molecule has 0 unspecified atom stereocenters. The third-order valence-electron chi connectivity index (χ3n) is 5.38. The third-order valence-corrected chi connectivity index (χ3v) is 5.38. The molecule has 2 rings (SSSR count). The van der Waals surface area contributed by atoms with Crippen molar-refractivity contribution >= 4 is 11.9 Å². The number of aliphatic carboxylic acids is 1. The van der Waals surface area contributed by atoms with Crippen molar-refractivity contribution in [3.63, 3.8) is 0 Å². The van der Waals surface area contributed by atoms with Gasteiger partial charge in [0.2, 0.25) is 5.91 Å². The number of amides is 1. The summed E-state index contributed by atoms with van der Waals surface area (Å²) >= 11 is 0. The maximum atomic E-state index is 11.6. The predicted molar refractivity (Wildman–Crippen MR) is 102 cm³/mol. The van der Waals surface area contributed by atoms with Crippen LogP contribution in [-0.4, -0.2) is 140 Å². The van der Waals surface area contributed by atoms with Crippen molar-refractivity contribution in [2.24, 2.45) is 0 Å². The van der Waals surface area contributed by atoms with Gasteiger partial charge >= 0.3 is 5.97 Å². The fraction of sp³-hybridized carbons (Fsp3) is 0.889. The zero-order valence-corrected chi connectivity index (χ0v) is 17.9. The Bertz CT molecular complexity index is 666. The zero-order valence-electron chi connectivity index (χ0n) is 17.9. The van der Waals surface area contributed by atoms with Crippen LogP contribution in [0.15, 0.2) is 0 Å². The number of carbonyl (C=O) groups is 2. The lowest BCUT2D eigenvalue weighted by Gasteiger charge is -2.47. The molecule has 0 bridgehead atoms. The molecule has 0 aromatic rings. The summed E-state index contributed by atoms with van der Waals surface area (Å²) in [5.74, 6) is -2.29. The van der Waals surface area contributed by atoms with Crippen LogP contribution in [0.3, 0.4) is 0 Å². The van der Waals surface area contributed by atoms with Crippen LogP contribution in [0.2, 0.25) is 0 Å². The van der Waals surface area contributed by atoms with Crippen LogP contribution in [0.25, 0.3) is 0 Å². The van der Waals surface area contributed by atoms with E-state index in [0.29, 0.717) is 0 Å². The number of hydrogen-bond acceptors (Lipinski definition) is 13. The first-order valence-corrected chi connectivity index (χ1v) is 10.2. The predicted octanol–water partition coefficient (Wildman–Crippen LogP) is -5.40. The minimum absolute atomic E-state index is 0.629. The maximum Gasteiger partial charge on any atom is 0.335 e. The summed E-state index contributed by atoms with van der Waals surface area (Å²) in [5.41, 5.74) is 0. The quantitative estimate of drug-likeness (QED) is 0.148. The number of carboxylic acid groups (broad SMARTS) is 1. The number of rotatable bonds is 9. The molecule has 192 valence electrons. The molecule has 2 heterocycles. The summed E-state index contributed by atoms with van der Waals surface area (Å²) in [6.45, 7) is 0.779. The molecule has 33 heavy (non-hydrogen) atoms. The lowest BCUT2D eigenvalue weighted by Crippen LogP contribution is -2.67. The molecule has 0 radical (unpaired) electrons. The Balaban J connectivity index is 2.26. The van der Waals surface area contributed by atoms with Crippen molar-refractivity contribution in [1.29, 1.82) is 0 Å². The van der Waals surface area contributed by atoms with Crippen molar-refractivity contribution in [1.82, 2.24) is 5.32 Å². The summed E-state index contributed by atoms with van der Waals surface area (Å²) in [6, 6.07) is -1.37. The molecule has 15 nitrogen and oxygen atoms in total. The highest BCUT2D eigenvalue weighted by Crippen LogP contribution is 2.30. The Morgan fingerprint density at radius 3 is 2.15 bits per heavy atom. The van der Waals surface area contributed by atoms with Crippen LogP contribution in [0.4, 0.5) is 0 Å². The van der Waals surface area contributed by atoms with E-state index < -0.39 is 98.6 Å². The monoisotopic (exact) mass is 485 g/mol. The second-order valence-corrected chi connectivity index (χ2v) is 7.87. The Morgan fingerprint density at radius 1 is 1.00 bits per heavy atom. The van der Waals surface area contributed by atoms with Gasteiger partial charge in [0.05, 0.1) is 19.3 Å². The van der Waals surface area contributed by atoms with Gasteiger partial charge in [0.15, 0.2) is 18.7 Å². The van der Waals surface area contributed by atoms with E-state index in [2.05, 4.69) is 5.32 Å². The van der Waals surface area contributed by atoms with Crippen LogP contribution in [0, 0.1) is 0 Å². The molecule has 0 saturated carbocycles. The SMILES string of the molecule is CC(=O)N[C@H]1[C@H](O[C@@H]2[C@@H](O)[C@H](C)O[C@@H](O[C@@H](C(=O)O)[C@H](O)CO)[C@@H]2O)O[C@H](CO)[C@@H](O)[C@@H]1O. The van der Waals surface area contributed by atoms with Gasteiger partial charge in [-0.05, 0) is 6.92 Å². The minimum Gasteiger partial charge on any atom is -0.479 e. The maximum absolute atomic E-state index is 11.6. The number of aliphatic hydroxyl groups is 7. The number of nitrogens with one attached hydrogen (secondary N) is 1. The van der Waals surface area contributed by atoms with Gasteiger partial charge in [-0.3, -0.25) is 4.79 Å². The average molecular weight is 485 g/mol. The van der Waals surface area contributed by atoms with E-state index in [-0.39, 0.29) is 0 Å². The van der Waals surface area contributed by atoms with Gasteiger partial charge in [-0.15, -0.1) is 0 Å². The van der Waals surface area contributed by atoms with Gasteiger partial charge in [-0.25, -0.2) is 4.79 Å². The Morgan fingerprint density at radius 2 is 1.64 bits per heavy atom. The molecule has 2 saturated heterocycles. The third kappa shape index (κ3) is 6.34. The van der Waals surface area contributed by atoms with Crippen molar-refractivity contribution in [2.75, 3.05) is 13.2 Å².